The summed E-state index contributed by atoms with van der Waals surface area (Å²) in [6, 6.07) is 14.4. The number of rotatable bonds is 12. The standard InChI is InChI=1S/C35H28N6O17S4.4Na/c1-57-27-15-21(59(45,46)47)5-9-25(27)38-40-31-29(61(51,52)53)13-17-11-19(3-7-23(17)33(31)42)36-35(44)37-20-4-8-24-18(12-20)14-30(62(54,55)56)32(34(24)43)41-39-26-10-6-22(60(48,49)50)16-28(26)58-2;;;;/h3-16,42-43H,1-2H3,(H2,36,37,44)(H,45,46,47)(H,48,49,50)(H,51,52,53)(H,54,55,56);;;;. The van der Waals surface area contributed by atoms with Crippen LogP contribution < -0.4 is 20.1 Å². The number of hydrogen-bond donors (Lipinski definition) is 8. The molecule has 0 saturated carbocycles. The van der Waals surface area contributed by atoms with E-state index in [-0.39, 0.29) is 174 Å². The molecule has 8 N–H and O–H groups in total. The predicted molar refractivity (Wildman–Crippen MR) is 240 cm³/mol. The molecule has 0 aliphatic carbocycles. The Morgan fingerprint density at radius 1 is 0.485 bits per heavy atom. The molecule has 0 fully saturated rings. The molecular formula is C35H28N6Na4O17S4. The Morgan fingerprint density at radius 3 is 1.14 bits per heavy atom. The molecule has 0 heterocycles. The molecule has 2 amide bonds. The fourth-order valence-electron chi connectivity index (χ4n) is 5.75. The summed E-state index contributed by atoms with van der Waals surface area (Å²) in [5, 5.41) is 42.1. The maximum atomic E-state index is 13.1. The van der Waals surface area contributed by atoms with Gasteiger partial charge < -0.3 is 30.3 Å². The van der Waals surface area contributed by atoms with Crippen LogP contribution in [0.3, 0.4) is 0 Å². The third-order valence-corrected chi connectivity index (χ3v) is 12.0. The number of amides is 2. The third-order valence-electron chi connectivity index (χ3n) is 8.59. The van der Waals surface area contributed by atoms with Gasteiger partial charge in [-0.05, 0) is 83.6 Å². The van der Waals surface area contributed by atoms with E-state index in [2.05, 4.69) is 31.1 Å². The summed E-state index contributed by atoms with van der Waals surface area (Å²) in [5.74, 6) is -1.96. The Bertz CT molecular complexity index is 3180. The van der Waals surface area contributed by atoms with E-state index in [9.17, 15) is 66.9 Å². The summed E-state index contributed by atoms with van der Waals surface area (Å²) in [6.07, 6.45) is 0. The first kappa shape index (κ1) is 59.3. The number of phenolic OH excluding ortho intramolecular Hbond substituents is 2. The monoisotopic (exact) mass is 1020 g/mol. The predicted octanol–water partition coefficient (Wildman–Crippen LogP) is 5.36. The van der Waals surface area contributed by atoms with Gasteiger partial charge in [0.1, 0.15) is 44.0 Å². The van der Waals surface area contributed by atoms with Gasteiger partial charge in [-0.15, -0.1) is 20.5 Å². The molecule has 0 spiro atoms. The number of urea groups is 1. The smallest absolute Gasteiger partial charge is 0.323 e. The molecule has 6 aromatic rings. The zero-order valence-electron chi connectivity index (χ0n) is 35.2. The minimum Gasteiger partial charge on any atom is -0.505 e. The Balaban J connectivity index is 0.00000374. The first-order valence-corrected chi connectivity index (χ1v) is 22.4. The number of aromatic hydroxyl groups is 2. The van der Waals surface area contributed by atoms with Crippen molar-refractivity contribution in [3.05, 3.63) is 84.9 Å². The second kappa shape index (κ2) is 23.2. The van der Waals surface area contributed by atoms with Gasteiger partial charge in [0.25, 0.3) is 40.5 Å². The molecule has 0 bridgehead atoms. The Kier molecular flexibility index (Phi) is 20.8. The van der Waals surface area contributed by atoms with Crippen molar-refractivity contribution in [3.63, 3.8) is 0 Å². The Hall–Kier alpha value is -2.85. The quantitative estimate of drug-likeness (QED) is 0.0434. The first-order chi connectivity index (χ1) is 28.9. The Labute approximate surface area is 463 Å². The average Bonchev–Trinajstić information content (AvgIpc) is 3.18. The number of methoxy groups -OCH3 is 2. The van der Waals surface area contributed by atoms with E-state index in [1.807, 2.05) is 0 Å². The van der Waals surface area contributed by atoms with Gasteiger partial charge in [-0.2, -0.15) is 33.7 Å². The number of carbonyl (C=O) groups is 1. The SMILES string of the molecule is COc1cc(S(=O)(=O)O)ccc1N=Nc1c(S(=O)(=O)O)cc2cc(NC(=O)Nc3ccc4c(O)c(N=Nc5ccc(S(=O)(=O)O)cc5OC)c(S(=O)(=O)O)cc4c3)ccc2c1O.[Na].[Na].[Na].[Na]. The van der Waals surface area contributed by atoms with Gasteiger partial charge in [0.15, 0.2) is 11.5 Å². The van der Waals surface area contributed by atoms with Crippen LogP contribution >= 0.6 is 0 Å². The van der Waals surface area contributed by atoms with Gasteiger partial charge in [0, 0.05) is 153 Å². The van der Waals surface area contributed by atoms with Crippen molar-refractivity contribution < 1.29 is 76.4 Å². The van der Waals surface area contributed by atoms with Gasteiger partial charge in [0.05, 0.1) is 24.0 Å². The molecule has 0 aliphatic heterocycles. The largest absolute Gasteiger partial charge is 0.505 e. The maximum absolute atomic E-state index is 13.1. The van der Waals surface area contributed by atoms with Crippen LogP contribution in [-0.4, -0.2) is 201 Å². The molecule has 0 atom stereocenters. The molecule has 328 valence electrons. The molecule has 6 rings (SSSR count). The molecule has 23 nitrogen and oxygen atoms in total. The molecular weight excluding hydrogens is 997 g/mol. The van der Waals surface area contributed by atoms with Crippen LogP contribution in [0, 0.1) is 0 Å². The van der Waals surface area contributed by atoms with Crippen molar-refractivity contribution >= 4 is 220 Å². The van der Waals surface area contributed by atoms with Gasteiger partial charge >= 0.3 is 6.03 Å². The van der Waals surface area contributed by atoms with Crippen molar-refractivity contribution in [2.45, 2.75) is 19.6 Å². The summed E-state index contributed by atoms with van der Waals surface area (Å²) < 4.78 is 144. The van der Waals surface area contributed by atoms with Crippen molar-refractivity contribution in [2.75, 3.05) is 24.9 Å². The van der Waals surface area contributed by atoms with Gasteiger partial charge in [-0.3, -0.25) is 18.2 Å². The topological polar surface area (TPSA) is 367 Å². The number of ether oxygens (including phenoxy) is 2. The first-order valence-electron chi connectivity index (χ1n) is 16.7. The molecule has 0 unspecified atom stereocenters. The number of nitrogens with zero attached hydrogens (tertiary/aromatic N) is 4. The molecule has 0 aliphatic rings. The van der Waals surface area contributed by atoms with Crippen LogP contribution in [-0.2, 0) is 40.5 Å². The van der Waals surface area contributed by atoms with E-state index in [4.69, 9.17) is 9.47 Å². The van der Waals surface area contributed by atoms with Crippen molar-refractivity contribution in [1.29, 1.82) is 0 Å². The normalized spacial score (nSPS) is 11.8. The van der Waals surface area contributed by atoms with E-state index >= 15 is 0 Å². The molecule has 4 radical (unpaired) electrons. The van der Waals surface area contributed by atoms with Crippen molar-refractivity contribution in [1.82, 2.24) is 0 Å². The van der Waals surface area contributed by atoms with E-state index in [0.29, 0.717) is 0 Å². The fraction of sp³-hybridized carbons (Fsp3) is 0.0571. The molecule has 31 heteroatoms. The second-order valence-corrected chi connectivity index (χ2v) is 18.2. The minimum absolute atomic E-state index is 0. The third kappa shape index (κ3) is 13.7. The summed E-state index contributed by atoms with van der Waals surface area (Å²) >= 11 is 0. The van der Waals surface area contributed by atoms with Crippen LogP contribution in [0.15, 0.2) is 125 Å². The fourth-order valence-corrected chi connectivity index (χ4v) is 8.06. The summed E-state index contributed by atoms with van der Waals surface area (Å²) in [7, 11) is -17.2. The van der Waals surface area contributed by atoms with E-state index in [0.717, 1.165) is 62.8 Å². The van der Waals surface area contributed by atoms with E-state index < -0.39 is 89.0 Å². The van der Waals surface area contributed by atoms with Gasteiger partial charge in [0.2, 0.25) is 0 Å². The van der Waals surface area contributed by atoms with Crippen LogP contribution in [0.4, 0.5) is 38.9 Å². The maximum Gasteiger partial charge on any atom is 0.323 e. The van der Waals surface area contributed by atoms with Crippen molar-refractivity contribution in [2.24, 2.45) is 20.5 Å². The number of benzene rings is 6. The Morgan fingerprint density at radius 2 is 0.833 bits per heavy atom. The molecule has 66 heavy (non-hydrogen) atoms. The summed E-state index contributed by atoms with van der Waals surface area (Å²) in [6.45, 7) is 0. The molecule has 0 saturated heterocycles. The van der Waals surface area contributed by atoms with Gasteiger partial charge in [-0.25, -0.2) is 4.79 Å². The zero-order valence-corrected chi connectivity index (χ0v) is 46.4. The number of carbonyl (C=O) groups excluding carboxylic acids is 1. The number of anilines is 2. The second-order valence-electron chi connectivity index (χ2n) is 12.6. The van der Waals surface area contributed by atoms with Crippen LogP contribution in [0.25, 0.3) is 21.5 Å². The van der Waals surface area contributed by atoms with Crippen LogP contribution in [0.5, 0.6) is 23.0 Å². The number of phenols is 2. The minimum atomic E-state index is -5.10. The molecule has 0 aromatic heterocycles. The average molecular weight is 1020 g/mol. The number of hydrogen-bond acceptors (Lipinski definition) is 17. The number of fused-ring (bicyclic) bond motifs is 2. The number of azo groups is 2. The van der Waals surface area contributed by atoms with E-state index in [1.165, 1.54) is 36.4 Å². The van der Waals surface area contributed by atoms with Crippen LogP contribution in [0.2, 0.25) is 0 Å². The summed E-state index contributed by atoms with van der Waals surface area (Å²) in [5.41, 5.74) is -1.70. The van der Waals surface area contributed by atoms with Gasteiger partial charge in [-0.1, -0.05) is 0 Å². The van der Waals surface area contributed by atoms with Crippen molar-refractivity contribution in [3.8, 4) is 23.0 Å². The summed E-state index contributed by atoms with van der Waals surface area (Å²) in [4.78, 5) is 10.2. The van der Waals surface area contributed by atoms with Crippen LogP contribution in [0.1, 0.15) is 0 Å². The zero-order chi connectivity index (χ0) is 45.5. The number of nitrogens with one attached hydrogen (secondary N) is 2. The molecule has 6 aromatic carbocycles. The van der Waals surface area contributed by atoms with E-state index in [1.54, 1.807) is 0 Å².